The van der Waals surface area contributed by atoms with Gasteiger partial charge in [0, 0.05) is 10.4 Å². The average molecular weight is 343 g/mol. The smallest absolute Gasteiger partial charge is 0.348 e. The third-order valence-corrected chi connectivity index (χ3v) is 3.93. The van der Waals surface area contributed by atoms with E-state index < -0.39 is 5.54 Å². The molecule has 2 rings (SSSR count). The second-order valence-electron chi connectivity index (χ2n) is 5.26. The van der Waals surface area contributed by atoms with Gasteiger partial charge in [0.25, 0.3) is 0 Å². The summed E-state index contributed by atoms with van der Waals surface area (Å²) in [6.45, 7) is 5.40. The van der Waals surface area contributed by atoms with Gasteiger partial charge in [-0.2, -0.15) is 0 Å². The Bertz CT molecular complexity index is 692. The molecule has 3 N–H and O–H groups in total. The van der Waals surface area contributed by atoms with Gasteiger partial charge >= 0.3 is 5.97 Å². The Hall–Kier alpha value is -1.63. The van der Waals surface area contributed by atoms with Gasteiger partial charge in [-0.05, 0) is 50.4 Å². The van der Waals surface area contributed by atoms with E-state index in [1.165, 1.54) is 11.3 Å². The highest BCUT2D eigenvalue weighted by molar-refractivity contribution is 7.20. The van der Waals surface area contributed by atoms with E-state index in [1.807, 2.05) is 12.1 Å². The van der Waals surface area contributed by atoms with Crippen molar-refractivity contribution in [2.24, 2.45) is 5.73 Å². The number of thiophene rings is 1. The van der Waals surface area contributed by atoms with Crippen molar-refractivity contribution >= 4 is 51.4 Å². The van der Waals surface area contributed by atoms with Crippen molar-refractivity contribution in [3.05, 3.63) is 29.1 Å². The first-order chi connectivity index (χ1) is 9.81. The second kappa shape index (κ2) is 7.09. The Labute approximate surface area is 139 Å². The van der Waals surface area contributed by atoms with Gasteiger partial charge in [0.15, 0.2) is 0 Å². The number of fused-ring (bicyclic) bond motifs is 1. The molecule has 1 amide bonds. The molecule has 120 valence electrons. The van der Waals surface area contributed by atoms with Gasteiger partial charge in [-0.1, -0.05) is 0 Å². The summed E-state index contributed by atoms with van der Waals surface area (Å²) in [5.41, 5.74) is 5.45. The number of rotatable bonds is 4. The van der Waals surface area contributed by atoms with Crippen LogP contribution >= 0.6 is 23.7 Å². The zero-order valence-corrected chi connectivity index (χ0v) is 14.3. The van der Waals surface area contributed by atoms with E-state index in [4.69, 9.17) is 10.5 Å². The fourth-order valence-corrected chi connectivity index (χ4v) is 2.65. The van der Waals surface area contributed by atoms with Crippen LogP contribution in [0.15, 0.2) is 24.3 Å². The topological polar surface area (TPSA) is 81.4 Å². The highest BCUT2D eigenvalue weighted by Gasteiger charge is 2.22. The van der Waals surface area contributed by atoms with Crippen molar-refractivity contribution < 1.29 is 14.3 Å². The maximum Gasteiger partial charge on any atom is 0.348 e. The quantitative estimate of drug-likeness (QED) is 0.836. The summed E-state index contributed by atoms with van der Waals surface area (Å²) in [4.78, 5) is 24.1. The van der Waals surface area contributed by atoms with Crippen LogP contribution in [0.3, 0.4) is 0 Å². The second-order valence-corrected chi connectivity index (χ2v) is 6.34. The molecule has 5 nitrogen and oxygen atoms in total. The molecule has 0 saturated carbocycles. The van der Waals surface area contributed by atoms with Gasteiger partial charge in [-0.15, -0.1) is 23.7 Å². The molecule has 22 heavy (non-hydrogen) atoms. The van der Waals surface area contributed by atoms with Crippen molar-refractivity contribution in [1.82, 2.24) is 0 Å². The van der Waals surface area contributed by atoms with Gasteiger partial charge in [-0.3, -0.25) is 4.79 Å². The highest BCUT2D eigenvalue weighted by atomic mass is 35.5. The number of carbonyl (C=O) groups excluding carboxylic acids is 2. The normalized spacial score (nSPS) is 10.9. The maximum absolute atomic E-state index is 11.9. The van der Waals surface area contributed by atoms with Crippen molar-refractivity contribution in [3.63, 3.8) is 0 Å². The van der Waals surface area contributed by atoms with Crippen molar-refractivity contribution in [1.29, 1.82) is 0 Å². The van der Waals surface area contributed by atoms with Gasteiger partial charge < -0.3 is 15.8 Å². The summed E-state index contributed by atoms with van der Waals surface area (Å²) in [5, 5.41) is 3.65. The van der Waals surface area contributed by atoms with E-state index in [0.717, 1.165) is 10.1 Å². The molecular weight excluding hydrogens is 324 g/mol. The van der Waals surface area contributed by atoms with Gasteiger partial charge in [0.2, 0.25) is 5.91 Å². The molecule has 2 aromatic rings. The van der Waals surface area contributed by atoms with Crippen LogP contribution in [0.1, 0.15) is 30.4 Å². The Balaban J connectivity index is 0.00000242. The summed E-state index contributed by atoms with van der Waals surface area (Å²) in [5.74, 6) is -0.588. The predicted octanol–water partition coefficient (Wildman–Crippen LogP) is 3.18. The molecule has 0 atom stereocenters. The number of amides is 1. The number of esters is 1. The van der Waals surface area contributed by atoms with Crippen LogP contribution in [-0.4, -0.2) is 24.0 Å². The standard InChI is InChI=1S/C15H18N2O3S.ClH/c1-4-20-13(18)12-8-9-7-10(5-6-11(9)21-12)17-14(19)15(2,3)16;/h5-8H,4,16H2,1-3H3,(H,17,19);1H. The Kier molecular flexibility index (Phi) is 5.93. The Morgan fingerprint density at radius 2 is 2.00 bits per heavy atom. The summed E-state index contributed by atoms with van der Waals surface area (Å²) in [6, 6.07) is 7.23. The Morgan fingerprint density at radius 1 is 1.32 bits per heavy atom. The summed E-state index contributed by atoms with van der Waals surface area (Å²) in [7, 11) is 0. The van der Waals surface area contributed by atoms with E-state index in [1.54, 1.807) is 32.9 Å². The molecule has 0 aliphatic heterocycles. The summed E-state index contributed by atoms with van der Waals surface area (Å²) < 4.78 is 5.94. The molecule has 0 spiro atoms. The number of benzene rings is 1. The van der Waals surface area contributed by atoms with Crippen molar-refractivity contribution in [2.45, 2.75) is 26.3 Å². The van der Waals surface area contributed by atoms with E-state index in [2.05, 4.69) is 5.32 Å². The molecule has 0 saturated heterocycles. The summed E-state index contributed by atoms with van der Waals surface area (Å²) in [6.07, 6.45) is 0. The number of carbonyl (C=O) groups is 2. The number of hydrogen-bond donors (Lipinski definition) is 2. The minimum absolute atomic E-state index is 0. The van der Waals surface area contributed by atoms with Crippen LogP contribution in [0.2, 0.25) is 0 Å². The molecule has 1 heterocycles. The maximum atomic E-state index is 11.9. The lowest BCUT2D eigenvalue weighted by molar-refractivity contribution is -0.120. The lowest BCUT2D eigenvalue weighted by atomic mass is 10.1. The predicted molar refractivity (Wildman–Crippen MR) is 91.9 cm³/mol. The van der Waals surface area contributed by atoms with E-state index in [-0.39, 0.29) is 24.3 Å². The SMILES string of the molecule is CCOC(=O)c1cc2cc(NC(=O)C(C)(C)N)ccc2s1.Cl. The molecule has 0 fully saturated rings. The molecular formula is C15H19ClN2O3S. The minimum Gasteiger partial charge on any atom is -0.462 e. The number of nitrogens with one attached hydrogen (secondary N) is 1. The molecule has 0 aliphatic carbocycles. The molecule has 7 heteroatoms. The average Bonchev–Trinajstić information content (AvgIpc) is 2.81. The zero-order valence-electron chi connectivity index (χ0n) is 12.6. The van der Waals surface area contributed by atoms with Gasteiger partial charge in [0.05, 0.1) is 12.1 Å². The third-order valence-electron chi connectivity index (χ3n) is 2.84. The lowest BCUT2D eigenvalue weighted by Gasteiger charge is -2.17. The van der Waals surface area contributed by atoms with E-state index in [9.17, 15) is 9.59 Å². The van der Waals surface area contributed by atoms with Crippen molar-refractivity contribution in [2.75, 3.05) is 11.9 Å². The van der Waals surface area contributed by atoms with E-state index >= 15 is 0 Å². The highest BCUT2D eigenvalue weighted by Crippen LogP contribution is 2.28. The number of halogens is 1. The third kappa shape index (κ3) is 4.19. The molecule has 0 unspecified atom stereocenters. The fourth-order valence-electron chi connectivity index (χ4n) is 1.72. The number of nitrogens with two attached hydrogens (primary N) is 1. The van der Waals surface area contributed by atoms with Crippen LogP contribution in [0.4, 0.5) is 5.69 Å². The monoisotopic (exact) mass is 342 g/mol. The van der Waals surface area contributed by atoms with Crippen LogP contribution in [-0.2, 0) is 9.53 Å². The number of anilines is 1. The summed E-state index contributed by atoms with van der Waals surface area (Å²) >= 11 is 1.37. The van der Waals surface area contributed by atoms with Gasteiger partial charge in [-0.25, -0.2) is 4.79 Å². The number of hydrogen-bond acceptors (Lipinski definition) is 5. The van der Waals surface area contributed by atoms with Crippen LogP contribution in [0, 0.1) is 0 Å². The Morgan fingerprint density at radius 3 is 2.59 bits per heavy atom. The van der Waals surface area contributed by atoms with Crippen LogP contribution in [0.25, 0.3) is 10.1 Å². The van der Waals surface area contributed by atoms with Crippen LogP contribution in [0.5, 0.6) is 0 Å². The van der Waals surface area contributed by atoms with Crippen molar-refractivity contribution in [3.8, 4) is 0 Å². The largest absolute Gasteiger partial charge is 0.462 e. The lowest BCUT2D eigenvalue weighted by Crippen LogP contribution is -2.45. The molecule has 0 bridgehead atoms. The molecule has 0 aliphatic rings. The number of ether oxygens (including phenoxy) is 1. The fraction of sp³-hybridized carbons (Fsp3) is 0.333. The molecule has 0 radical (unpaired) electrons. The van der Waals surface area contributed by atoms with Gasteiger partial charge in [0.1, 0.15) is 4.88 Å². The minimum atomic E-state index is -0.945. The first kappa shape index (κ1) is 18.4. The zero-order chi connectivity index (χ0) is 15.6. The first-order valence-electron chi connectivity index (χ1n) is 6.62. The molecule has 1 aromatic heterocycles. The van der Waals surface area contributed by atoms with Crippen LogP contribution < -0.4 is 11.1 Å². The van der Waals surface area contributed by atoms with E-state index in [0.29, 0.717) is 17.2 Å². The molecule has 1 aromatic carbocycles. The first-order valence-corrected chi connectivity index (χ1v) is 7.44.